The molecule has 3 heteroatoms. The summed E-state index contributed by atoms with van der Waals surface area (Å²) in [5.41, 5.74) is 3.28. The quantitative estimate of drug-likeness (QED) is 0.327. The van der Waals surface area contributed by atoms with E-state index in [4.69, 9.17) is 0 Å². The molecular formula is C3H7N2O. The molecule has 0 aliphatic heterocycles. The fourth-order valence-corrected chi connectivity index (χ4v) is 0.0943. The molecule has 0 aromatic heterocycles. The number of carbonyl (C=O) groups excluding carboxylic acids is 1. The minimum Gasteiger partial charge on any atom is -0.275 e. The van der Waals surface area contributed by atoms with Crippen molar-refractivity contribution < 1.29 is 4.79 Å². The SMILES string of the molecule is CN(C)[N]C=O. The van der Waals surface area contributed by atoms with Crippen LogP contribution in [-0.4, -0.2) is 25.5 Å². The standard InChI is InChI=1S/C3H7N2O/c1-5(2)4-3-6/h3H,1-2H3. The first-order chi connectivity index (χ1) is 2.77. The molecule has 0 atom stereocenters. The van der Waals surface area contributed by atoms with Gasteiger partial charge in [-0.1, -0.05) is 0 Å². The maximum absolute atomic E-state index is 9.41. The summed E-state index contributed by atoms with van der Waals surface area (Å²) in [6.45, 7) is 0. The van der Waals surface area contributed by atoms with E-state index in [0.29, 0.717) is 6.41 Å². The molecule has 0 saturated heterocycles. The lowest BCUT2D eigenvalue weighted by Gasteiger charge is -1.98. The van der Waals surface area contributed by atoms with E-state index in [-0.39, 0.29) is 0 Å². The Morgan fingerprint density at radius 2 is 2.17 bits per heavy atom. The molecule has 6 heavy (non-hydrogen) atoms. The van der Waals surface area contributed by atoms with Gasteiger partial charge in [0.05, 0.1) is 0 Å². The van der Waals surface area contributed by atoms with Crippen LogP contribution in [0.3, 0.4) is 0 Å². The second-order valence-electron chi connectivity index (χ2n) is 1.07. The van der Waals surface area contributed by atoms with Crippen molar-refractivity contribution in [1.29, 1.82) is 0 Å². The fraction of sp³-hybridized carbons (Fsp3) is 0.667. The van der Waals surface area contributed by atoms with Gasteiger partial charge in [-0.25, -0.2) is 5.01 Å². The molecule has 0 bridgehead atoms. The summed E-state index contributed by atoms with van der Waals surface area (Å²) in [5, 5.41) is 1.44. The molecule has 0 N–H and O–H groups in total. The highest BCUT2D eigenvalue weighted by Crippen LogP contribution is 1.55. The smallest absolute Gasteiger partial charge is 0.244 e. The number of carbonyl (C=O) groups is 1. The second-order valence-corrected chi connectivity index (χ2v) is 1.07. The van der Waals surface area contributed by atoms with Gasteiger partial charge in [0, 0.05) is 14.1 Å². The van der Waals surface area contributed by atoms with Gasteiger partial charge in [0.1, 0.15) is 0 Å². The van der Waals surface area contributed by atoms with E-state index in [2.05, 4.69) is 5.43 Å². The Balaban J connectivity index is 2.81. The van der Waals surface area contributed by atoms with Crippen LogP contribution in [0, 0.1) is 0 Å². The van der Waals surface area contributed by atoms with Crippen LogP contribution in [0.5, 0.6) is 0 Å². The highest BCUT2D eigenvalue weighted by atomic mass is 16.1. The minimum absolute atomic E-state index is 0.500. The fourth-order valence-electron chi connectivity index (χ4n) is 0.0943. The largest absolute Gasteiger partial charge is 0.275 e. The Hall–Kier alpha value is -0.570. The lowest BCUT2D eigenvalue weighted by Crippen LogP contribution is -2.20. The monoisotopic (exact) mass is 87.1 g/mol. The maximum atomic E-state index is 9.41. The van der Waals surface area contributed by atoms with Crippen LogP contribution in [0.15, 0.2) is 0 Å². The predicted octanol–water partition coefficient (Wildman–Crippen LogP) is -0.776. The van der Waals surface area contributed by atoms with Crippen molar-refractivity contribution >= 4 is 6.41 Å². The molecule has 0 rings (SSSR count). The Kier molecular flexibility index (Phi) is 2.40. The molecule has 0 unspecified atom stereocenters. The lowest BCUT2D eigenvalue weighted by atomic mass is 11.1. The van der Waals surface area contributed by atoms with Gasteiger partial charge >= 0.3 is 0 Å². The van der Waals surface area contributed by atoms with Gasteiger partial charge in [0.2, 0.25) is 6.41 Å². The minimum atomic E-state index is 0.500. The maximum Gasteiger partial charge on any atom is 0.244 e. The van der Waals surface area contributed by atoms with Crippen LogP contribution in [0.1, 0.15) is 0 Å². The third-order valence-electron chi connectivity index (χ3n) is 0.278. The summed E-state index contributed by atoms with van der Waals surface area (Å²) in [5.74, 6) is 0. The van der Waals surface area contributed by atoms with Gasteiger partial charge in [0.15, 0.2) is 0 Å². The first kappa shape index (κ1) is 5.43. The van der Waals surface area contributed by atoms with Gasteiger partial charge in [-0.15, -0.1) is 0 Å². The van der Waals surface area contributed by atoms with Crippen molar-refractivity contribution in [2.24, 2.45) is 0 Å². The molecule has 0 fully saturated rings. The van der Waals surface area contributed by atoms with Crippen LogP contribution >= 0.6 is 0 Å². The molecule has 0 aromatic rings. The number of nitrogens with zero attached hydrogens (tertiary/aromatic N) is 2. The molecule has 1 amide bonds. The third kappa shape index (κ3) is 3.43. The average molecular weight is 87.1 g/mol. The molecule has 35 valence electrons. The molecule has 0 aliphatic carbocycles. The van der Waals surface area contributed by atoms with E-state index in [1.54, 1.807) is 14.1 Å². The van der Waals surface area contributed by atoms with E-state index < -0.39 is 0 Å². The first-order valence-electron chi connectivity index (χ1n) is 1.59. The van der Waals surface area contributed by atoms with Crippen molar-refractivity contribution in [3.05, 3.63) is 0 Å². The van der Waals surface area contributed by atoms with Crippen molar-refractivity contribution in [3.8, 4) is 0 Å². The second kappa shape index (κ2) is 2.66. The van der Waals surface area contributed by atoms with Gasteiger partial charge in [-0.2, -0.15) is 5.43 Å². The van der Waals surface area contributed by atoms with Crippen molar-refractivity contribution in [3.63, 3.8) is 0 Å². The molecule has 3 nitrogen and oxygen atoms in total. The summed E-state index contributed by atoms with van der Waals surface area (Å²) in [7, 11) is 3.38. The molecule has 0 saturated carbocycles. The normalized spacial score (nSPS) is 8.50. The number of amides is 1. The van der Waals surface area contributed by atoms with Crippen molar-refractivity contribution in [2.45, 2.75) is 0 Å². The summed E-state index contributed by atoms with van der Waals surface area (Å²) >= 11 is 0. The summed E-state index contributed by atoms with van der Waals surface area (Å²) in [4.78, 5) is 9.41. The zero-order chi connectivity index (χ0) is 4.99. The van der Waals surface area contributed by atoms with Gasteiger partial charge in [0.25, 0.3) is 0 Å². The Morgan fingerprint density at radius 3 is 2.17 bits per heavy atom. The van der Waals surface area contributed by atoms with Crippen LogP contribution in [0.2, 0.25) is 0 Å². The van der Waals surface area contributed by atoms with Crippen LogP contribution in [0.25, 0.3) is 0 Å². The lowest BCUT2D eigenvalue weighted by molar-refractivity contribution is -0.113. The first-order valence-corrected chi connectivity index (χ1v) is 1.59. The van der Waals surface area contributed by atoms with Crippen LogP contribution in [-0.2, 0) is 4.79 Å². The van der Waals surface area contributed by atoms with Crippen molar-refractivity contribution in [1.82, 2.24) is 10.4 Å². The summed E-state index contributed by atoms with van der Waals surface area (Å²) < 4.78 is 0. The topological polar surface area (TPSA) is 34.4 Å². The number of hydrogen-bond donors (Lipinski definition) is 0. The predicted molar refractivity (Wildman–Crippen MR) is 21.9 cm³/mol. The summed E-state index contributed by atoms with van der Waals surface area (Å²) in [6, 6.07) is 0. The van der Waals surface area contributed by atoms with Gasteiger partial charge in [-0.05, 0) is 0 Å². The number of hydrogen-bond acceptors (Lipinski definition) is 2. The van der Waals surface area contributed by atoms with Gasteiger partial charge < -0.3 is 0 Å². The van der Waals surface area contributed by atoms with Crippen LogP contribution < -0.4 is 5.43 Å². The molecule has 1 radical (unpaired) electrons. The van der Waals surface area contributed by atoms with E-state index in [0.717, 1.165) is 0 Å². The highest BCUT2D eigenvalue weighted by Gasteiger charge is 1.78. The third-order valence-corrected chi connectivity index (χ3v) is 0.278. The van der Waals surface area contributed by atoms with Gasteiger partial charge in [-0.3, -0.25) is 4.79 Å². The van der Waals surface area contributed by atoms with Crippen molar-refractivity contribution in [2.75, 3.05) is 14.1 Å². The molecule has 0 aromatic carbocycles. The number of rotatable bonds is 2. The van der Waals surface area contributed by atoms with Crippen LogP contribution in [0.4, 0.5) is 0 Å². The van der Waals surface area contributed by atoms with E-state index in [1.807, 2.05) is 0 Å². The Labute approximate surface area is 36.9 Å². The van der Waals surface area contributed by atoms with E-state index in [1.165, 1.54) is 5.01 Å². The average Bonchev–Trinajstić information content (AvgIpc) is 1.35. The molecule has 0 spiro atoms. The summed E-state index contributed by atoms with van der Waals surface area (Å²) in [6.07, 6.45) is 0.500. The molecular weight excluding hydrogens is 80.0 g/mol. The van der Waals surface area contributed by atoms with E-state index in [9.17, 15) is 4.79 Å². The zero-order valence-electron chi connectivity index (χ0n) is 3.88. The highest BCUT2D eigenvalue weighted by molar-refractivity contribution is 5.44. The zero-order valence-corrected chi connectivity index (χ0v) is 3.88. The van der Waals surface area contributed by atoms with E-state index >= 15 is 0 Å². The Morgan fingerprint density at radius 1 is 1.67 bits per heavy atom. The molecule has 0 heterocycles. The molecule has 0 aliphatic rings. The Bertz CT molecular complexity index is 44.1.